The van der Waals surface area contributed by atoms with Gasteiger partial charge in [0.1, 0.15) is 5.69 Å². The standard InChI is InChI=1S/C18H16BrN3O2/c19-10-7-18(3-1-11(10)23)4-6-21-16-13(18)14-12-9(2-5-20-14)8-22-15(12)17(16)24/h1,3,8,10,21,24H,2,4-7H2. The first kappa shape index (κ1) is 14.4. The van der Waals surface area contributed by atoms with Crippen molar-refractivity contribution < 1.29 is 9.90 Å². The Hall–Kier alpha value is -1.95. The minimum atomic E-state index is -0.279. The fourth-order valence-corrected chi connectivity index (χ4v) is 5.11. The number of halogens is 1. The third-order valence-corrected chi connectivity index (χ3v) is 6.31. The molecule has 0 fully saturated rings. The third kappa shape index (κ3) is 1.72. The Kier molecular flexibility index (Phi) is 2.87. The molecule has 3 heterocycles. The number of nitrogens with zero attached hydrogens (tertiary/aromatic N) is 2. The summed E-state index contributed by atoms with van der Waals surface area (Å²) in [7, 11) is 0. The number of rotatable bonds is 0. The molecular formula is C18H16BrN3O2. The van der Waals surface area contributed by atoms with Crippen LogP contribution in [0.3, 0.4) is 0 Å². The van der Waals surface area contributed by atoms with E-state index in [0.717, 1.165) is 53.3 Å². The van der Waals surface area contributed by atoms with E-state index in [1.54, 1.807) is 6.08 Å². The van der Waals surface area contributed by atoms with Gasteiger partial charge in [0.25, 0.3) is 0 Å². The lowest BCUT2D eigenvalue weighted by molar-refractivity contribution is -0.114. The van der Waals surface area contributed by atoms with Crippen molar-refractivity contribution in [1.29, 1.82) is 0 Å². The van der Waals surface area contributed by atoms with Crippen molar-refractivity contribution in [2.75, 3.05) is 18.4 Å². The van der Waals surface area contributed by atoms with Crippen molar-refractivity contribution in [1.82, 2.24) is 0 Å². The van der Waals surface area contributed by atoms with Crippen molar-refractivity contribution in [3.05, 3.63) is 28.3 Å². The molecule has 0 amide bonds. The molecule has 1 aromatic carbocycles. The number of phenols is 1. The van der Waals surface area contributed by atoms with Crippen LogP contribution in [0.1, 0.15) is 24.8 Å². The van der Waals surface area contributed by atoms with E-state index in [2.05, 4.69) is 26.2 Å². The monoisotopic (exact) mass is 385 g/mol. The summed E-state index contributed by atoms with van der Waals surface area (Å²) in [6.07, 6.45) is 7.98. The molecule has 1 spiro atoms. The fraction of sp³-hybridized carbons (Fsp3) is 0.389. The van der Waals surface area contributed by atoms with Crippen LogP contribution in [0.5, 0.6) is 5.75 Å². The van der Waals surface area contributed by atoms with Gasteiger partial charge in [0.15, 0.2) is 11.5 Å². The SMILES string of the molecule is O=C1C=CC2(CCNc3c(O)c4c5c(c32)=NCCC=5C=N4)CC1Br. The molecule has 5 rings (SSSR count). The van der Waals surface area contributed by atoms with E-state index in [9.17, 15) is 9.90 Å². The molecule has 1 aromatic rings. The van der Waals surface area contributed by atoms with Crippen LogP contribution in [-0.4, -0.2) is 35.0 Å². The fourth-order valence-electron chi connectivity index (χ4n) is 4.38. The molecule has 0 aromatic heterocycles. The van der Waals surface area contributed by atoms with Gasteiger partial charge in [-0.15, -0.1) is 0 Å². The van der Waals surface area contributed by atoms with E-state index in [4.69, 9.17) is 4.99 Å². The van der Waals surface area contributed by atoms with Gasteiger partial charge in [-0.1, -0.05) is 22.0 Å². The number of hydrogen-bond acceptors (Lipinski definition) is 5. The number of ketones is 1. The molecule has 122 valence electrons. The van der Waals surface area contributed by atoms with Crippen molar-refractivity contribution in [3.8, 4) is 5.75 Å². The van der Waals surface area contributed by atoms with Crippen LogP contribution in [0.4, 0.5) is 11.4 Å². The molecule has 4 aliphatic rings. The molecule has 1 aliphatic carbocycles. The Labute approximate surface area is 147 Å². The number of carbonyl (C=O) groups excluding carboxylic acids is 1. The largest absolute Gasteiger partial charge is 0.504 e. The first-order valence-electron chi connectivity index (χ1n) is 8.23. The molecule has 5 nitrogen and oxygen atoms in total. The Morgan fingerprint density at radius 3 is 3.12 bits per heavy atom. The van der Waals surface area contributed by atoms with Crippen molar-refractivity contribution >= 4 is 44.9 Å². The maximum absolute atomic E-state index is 12.0. The lowest BCUT2D eigenvalue weighted by Crippen LogP contribution is -2.47. The summed E-state index contributed by atoms with van der Waals surface area (Å²) < 4.78 is 0. The van der Waals surface area contributed by atoms with Gasteiger partial charge < -0.3 is 10.4 Å². The van der Waals surface area contributed by atoms with Gasteiger partial charge in [-0.3, -0.25) is 14.8 Å². The summed E-state index contributed by atoms with van der Waals surface area (Å²) in [5, 5.41) is 16.1. The van der Waals surface area contributed by atoms with E-state index in [1.165, 1.54) is 0 Å². The van der Waals surface area contributed by atoms with Gasteiger partial charge in [0, 0.05) is 35.5 Å². The zero-order valence-electron chi connectivity index (χ0n) is 13.0. The van der Waals surface area contributed by atoms with Crippen molar-refractivity contribution in [2.45, 2.75) is 29.5 Å². The predicted molar refractivity (Wildman–Crippen MR) is 96.2 cm³/mol. The number of nitrogens with one attached hydrogen (secondary N) is 1. The second kappa shape index (κ2) is 4.79. The Bertz CT molecular complexity index is 979. The van der Waals surface area contributed by atoms with E-state index in [1.807, 2.05) is 12.3 Å². The number of aliphatic imine (C=N–C) groups is 1. The number of phenolic OH excluding ortho intramolecular Hbond substituents is 1. The zero-order chi connectivity index (χ0) is 16.5. The Morgan fingerprint density at radius 1 is 1.42 bits per heavy atom. The summed E-state index contributed by atoms with van der Waals surface area (Å²) in [5.74, 6) is 0.315. The number of aromatic hydroxyl groups is 1. The molecule has 24 heavy (non-hydrogen) atoms. The van der Waals surface area contributed by atoms with E-state index in [-0.39, 0.29) is 21.8 Å². The second-order valence-electron chi connectivity index (χ2n) is 6.83. The van der Waals surface area contributed by atoms with Crippen LogP contribution in [0.25, 0.3) is 5.57 Å². The Morgan fingerprint density at radius 2 is 2.29 bits per heavy atom. The van der Waals surface area contributed by atoms with Crippen LogP contribution in [0.15, 0.2) is 22.1 Å². The van der Waals surface area contributed by atoms with E-state index >= 15 is 0 Å². The molecule has 3 aliphatic heterocycles. The highest BCUT2D eigenvalue weighted by molar-refractivity contribution is 9.10. The maximum atomic E-state index is 12.0. The van der Waals surface area contributed by atoms with Crippen molar-refractivity contribution in [2.24, 2.45) is 9.98 Å². The Balaban J connectivity index is 1.90. The summed E-state index contributed by atoms with van der Waals surface area (Å²) in [6, 6.07) is 0. The lowest BCUT2D eigenvalue weighted by Gasteiger charge is -2.41. The number of carbonyl (C=O) groups is 1. The van der Waals surface area contributed by atoms with E-state index < -0.39 is 0 Å². The molecule has 2 atom stereocenters. The van der Waals surface area contributed by atoms with Crippen LogP contribution < -0.4 is 15.9 Å². The van der Waals surface area contributed by atoms with Crippen LogP contribution in [-0.2, 0) is 10.2 Å². The average Bonchev–Trinajstić information content (AvgIpc) is 3.02. The number of hydrogen-bond donors (Lipinski definition) is 2. The van der Waals surface area contributed by atoms with Gasteiger partial charge in [-0.2, -0.15) is 0 Å². The predicted octanol–water partition coefficient (Wildman–Crippen LogP) is 1.63. The van der Waals surface area contributed by atoms with Gasteiger partial charge in [-0.25, -0.2) is 0 Å². The van der Waals surface area contributed by atoms with Gasteiger partial charge >= 0.3 is 0 Å². The molecular weight excluding hydrogens is 370 g/mol. The van der Waals surface area contributed by atoms with Crippen molar-refractivity contribution in [3.63, 3.8) is 0 Å². The molecule has 0 radical (unpaired) electrons. The molecule has 6 heteroatoms. The normalized spacial score (nSPS) is 29.3. The topological polar surface area (TPSA) is 74.0 Å². The van der Waals surface area contributed by atoms with Crippen LogP contribution >= 0.6 is 15.9 Å². The molecule has 0 saturated heterocycles. The highest BCUT2D eigenvalue weighted by atomic mass is 79.9. The quantitative estimate of drug-likeness (QED) is 0.526. The molecule has 0 saturated carbocycles. The second-order valence-corrected chi connectivity index (χ2v) is 7.93. The number of benzene rings is 1. The summed E-state index contributed by atoms with van der Waals surface area (Å²) in [5.41, 5.74) is 3.27. The average molecular weight is 386 g/mol. The number of alkyl halides is 1. The highest BCUT2D eigenvalue weighted by Gasteiger charge is 2.43. The highest BCUT2D eigenvalue weighted by Crippen LogP contribution is 2.48. The number of fused-ring (bicyclic) bond motifs is 3. The molecule has 0 bridgehead atoms. The first-order valence-corrected chi connectivity index (χ1v) is 9.14. The smallest absolute Gasteiger partial charge is 0.169 e. The van der Waals surface area contributed by atoms with Crippen LogP contribution in [0.2, 0.25) is 0 Å². The summed E-state index contributed by atoms with van der Waals surface area (Å²) >= 11 is 3.53. The number of anilines is 1. The summed E-state index contributed by atoms with van der Waals surface area (Å²) in [6.45, 7) is 1.48. The van der Waals surface area contributed by atoms with Gasteiger partial charge in [0.2, 0.25) is 0 Å². The van der Waals surface area contributed by atoms with Gasteiger partial charge in [0.05, 0.1) is 15.9 Å². The lowest BCUT2D eigenvalue weighted by atomic mass is 9.68. The minimum Gasteiger partial charge on any atom is -0.504 e. The number of allylic oxidation sites excluding steroid dienone is 2. The third-order valence-electron chi connectivity index (χ3n) is 5.53. The molecule has 2 N–H and O–H groups in total. The summed E-state index contributed by atoms with van der Waals surface area (Å²) in [4.78, 5) is 21.0. The first-order chi connectivity index (χ1) is 11.6. The van der Waals surface area contributed by atoms with Crippen LogP contribution in [0, 0.1) is 0 Å². The minimum absolute atomic E-state index is 0.104. The molecule has 2 unspecified atom stereocenters. The van der Waals surface area contributed by atoms with E-state index in [0.29, 0.717) is 12.1 Å². The maximum Gasteiger partial charge on any atom is 0.169 e. The van der Waals surface area contributed by atoms with Gasteiger partial charge in [-0.05, 0) is 30.9 Å². The zero-order valence-corrected chi connectivity index (χ0v) is 14.6.